The van der Waals surface area contributed by atoms with Gasteiger partial charge in [0.15, 0.2) is 11.5 Å². The van der Waals surface area contributed by atoms with E-state index in [2.05, 4.69) is 19.1 Å². The zero-order chi connectivity index (χ0) is 13.2. The third-order valence-corrected chi connectivity index (χ3v) is 2.56. The largest absolute Gasteiger partial charge is 0.486 e. The Morgan fingerprint density at radius 1 is 0.944 bits per heavy atom. The molecule has 1 aromatic rings. The molecule has 0 spiro atoms. The van der Waals surface area contributed by atoms with Crippen molar-refractivity contribution in [3.8, 4) is 11.5 Å². The molecule has 0 aliphatic carbocycles. The lowest BCUT2D eigenvalue weighted by atomic mass is 10.1. The SMILES string of the molecule is C/C=C/COc1ccc(CC)cc1OC/C=C/C. The van der Waals surface area contributed by atoms with Crippen LogP contribution in [-0.4, -0.2) is 13.2 Å². The van der Waals surface area contributed by atoms with Gasteiger partial charge in [0, 0.05) is 0 Å². The number of hydrogen-bond acceptors (Lipinski definition) is 2. The highest BCUT2D eigenvalue weighted by atomic mass is 16.5. The first-order valence-electron chi connectivity index (χ1n) is 6.42. The van der Waals surface area contributed by atoms with Gasteiger partial charge >= 0.3 is 0 Å². The number of allylic oxidation sites excluding steroid dienone is 2. The summed E-state index contributed by atoms with van der Waals surface area (Å²) in [5.74, 6) is 1.62. The van der Waals surface area contributed by atoms with Gasteiger partial charge in [-0.15, -0.1) is 0 Å². The van der Waals surface area contributed by atoms with Gasteiger partial charge in [-0.3, -0.25) is 0 Å². The first-order valence-corrected chi connectivity index (χ1v) is 6.42. The average molecular weight is 246 g/mol. The molecule has 0 heterocycles. The van der Waals surface area contributed by atoms with E-state index in [-0.39, 0.29) is 0 Å². The van der Waals surface area contributed by atoms with E-state index < -0.39 is 0 Å². The second-order valence-electron chi connectivity index (χ2n) is 3.89. The number of rotatable bonds is 7. The highest BCUT2D eigenvalue weighted by Crippen LogP contribution is 2.28. The predicted molar refractivity (Wildman–Crippen MR) is 76.4 cm³/mol. The van der Waals surface area contributed by atoms with E-state index in [1.54, 1.807) is 0 Å². The van der Waals surface area contributed by atoms with Crippen molar-refractivity contribution in [1.29, 1.82) is 0 Å². The van der Waals surface area contributed by atoms with E-state index in [0.717, 1.165) is 17.9 Å². The minimum atomic E-state index is 0.571. The molecule has 0 unspecified atom stereocenters. The molecule has 1 rings (SSSR count). The number of benzene rings is 1. The lowest BCUT2D eigenvalue weighted by Crippen LogP contribution is -2.00. The average Bonchev–Trinajstić information content (AvgIpc) is 2.40. The summed E-state index contributed by atoms with van der Waals surface area (Å²) in [5, 5.41) is 0. The van der Waals surface area contributed by atoms with Crippen molar-refractivity contribution in [3.05, 3.63) is 48.1 Å². The second kappa shape index (κ2) is 8.40. The number of hydrogen-bond donors (Lipinski definition) is 0. The van der Waals surface area contributed by atoms with Crippen molar-refractivity contribution >= 4 is 0 Å². The molecule has 0 aromatic heterocycles. The Kier molecular flexibility index (Phi) is 6.70. The Morgan fingerprint density at radius 3 is 2.11 bits per heavy atom. The maximum atomic E-state index is 5.71. The Hall–Kier alpha value is -1.70. The van der Waals surface area contributed by atoms with Crippen molar-refractivity contribution in [2.24, 2.45) is 0 Å². The van der Waals surface area contributed by atoms with Crippen LogP contribution in [0.3, 0.4) is 0 Å². The van der Waals surface area contributed by atoms with Gasteiger partial charge in [-0.05, 0) is 38.0 Å². The summed E-state index contributed by atoms with van der Waals surface area (Å²) in [4.78, 5) is 0. The maximum Gasteiger partial charge on any atom is 0.161 e. The lowest BCUT2D eigenvalue weighted by molar-refractivity contribution is 0.307. The zero-order valence-corrected chi connectivity index (χ0v) is 11.5. The molecule has 1 aromatic carbocycles. The molecular formula is C16H22O2. The second-order valence-corrected chi connectivity index (χ2v) is 3.89. The molecule has 0 aliphatic heterocycles. The van der Waals surface area contributed by atoms with Crippen molar-refractivity contribution in [3.63, 3.8) is 0 Å². The molecule has 0 radical (unpaired) electrons. The Morgan fingerprint density at radius 2 is 1.56 bits per heavy atom. The molecule has 0 saturated carbocycles. The summed E-state index contributed by atoms with van der Waals surface area (Å²) >= 11 is 0. The topological polar surface area (TPSA) is 18.5 Å². The summed E-state index contributed by atoms with van der Waals surface area (Å²) in [6.45, 7) is 7.24. The molecule has 0 atom stereocenters. The van der Waals surface area contributed by atoms with Gasteiger partial charge in [0.2, 0.25) is 0 Å². The molecule has 2 nitrogen and oxygen atoms in total. The van der Waals surface area contributed by atoms with Crippen LogP contribution in [0.15, 0.2) is 42.5 Å². The van der Waals surface area contributed by atoms with Crippen LogP contribution in [-0.2, 0) is 6.42 Å². The van der Waals surface area contributed by atoms with Gasteiger partial charge in [-0.25, -0.2) is 0 Å². The minimum Gasteiger partial charge on any atom is -0.486 e. The number of aryl methyl sites for hydroxylation is 1. The van der Waals surface area contributed by atoms with Crippen molar-refractivity contribution in [2.75, 3.05) is 13.2 Å². The van der Waals surface area contributed by atoms with Crippen LogP contribution in [0.5, 0.6) is 11.5 Å². The van der Waals surface area contributed by atoms with Crippen LogP contribution < -0.4 is 9.47 Å². The first kappa shape index (κ1) is 14.4. The standard InChI is InChI=1S/C16H22O2/c1-4-7-11-17-15-10-9-14(6-3)13-16(15)18-12-8-5-2/h4-5,7-10,13H,6,11-12H2,1-3H3/b7-4+,8-5+. The van der Waals surface area contributed by atoms with E-state index >= 15 is 0 Å². The molecule has 0 saturated heterocycles. The summed E-state index contributed by atoms with van der Waals surface area (Å²) < 4.78 is 11.4. The van der Waals surface area contributed by atoms with Gasteiger partial charge in [0.25, 0.3) is 0 Å². The van der Waals surface area contributed by atoms with Gasteiger partial charge in [0.1, 0.15) is 13.2 Å². The quantitative estimate of drug-likeness (QED) is 0.673. The highest BCUT2D eigenvalue weighted by molar-refractivity contribution is 5.43. The van der Waals surface area contributed by atoms with Crippen LogP contribution in [0.4, 0.5) is 0 Å². The Labute approximate surface area is 110 Å². The van der Waals surface area contributed by atoms with E-state index in [0.29, 0.717) is 13.2 Å². The zero-order valence-electron chi connectivity index (χ0n) is 11.5. The van der Waals surface area contributed by atoms with Crippen LogP contribution in [0.25, 0.3) is 0 Å². The fourth-order valence-electron chi connectivity index (χ4n) is 1.47. The molecule has 0 fully saturated rings. The van der Waals surface area contributed by atoms with E-state index in [1.807, 2.05) is 44.2 Å². The highest BCUT2D eigenvalue weighted by Gasteiger charge is 2.05. The molecule has 18 heavy (non-hydrogen) atoms. The Bertz CT molecular complexity index is 406. The summed E-state index contributed by atoms with van der Waals surface area (Å²) in [6.07, 6.45) is 8.90. The molecule has 0 N–H and O–H groups in total. The third-order valence-electron chi connectivity index (χ3n) is 2.56. The lowest BCUT2D eigenvalue weighted by Gasteiger charge is -2.12. The molecule has 0 aliphatic rings. The van der Waals surface area contributed by atoms with Crippen LogP contribution in [0.2, 0.25) is 0 Å². The minimum absolute atomic E-state index is 0.571. The predicted octanol–water partition coefficient (Wildman–Crippen LogP) is 4.16. The van der Waals surface area contributed by atoms with Crippen LogP contribution >= 0.6 is 0 Å². The smallest absolute Gasteiger partial charge is 0.161 e. The maximum absolute atomic E-state index is 5.71. The van der Waals surface area contributed by atoms with E-state index in [4.69, 9.17) is 9.47 Å². The summed E-state index contributed by atoms with van der Waals surface area (Å²) in [5.41, 5.74) is 1.25. The molecule has 0 amide bonds. The Balaban J connectivity index is 2.78. The van der Waals surface area contributed by atoms with Crippen molar-refractivity contribution < 1.29 is 9.47 Å². The van der Waals surface area contributed by atoms with E-state index in [1.165, 1.54) is 5.56 Å². The molecule has 0 bridgehead atoms. The fraction of sp³-hybridized carbons (Fsp3) is 0.375. The van der Waals surface area contributed by atoms with Gasteiger partial charge in [0.05, 0.1) is 0 Å². The van der Waals surface area contributed by atoms with Gasteiger partial charge in [-0.1, -0.05) is 37.3 Å². The van der Waals surface area contributed by atoms with Crippen LogP contribution in [0.1, 0.15) is 26.3 Å². The third kappa shape index (κ3) is 4.66. The van der Waals surface area contributed by atoms with Gasteiger partial charge < -0.3 is 9.47 Å². The van der Waals surface area contributed by atoms with Crippen molar-refractivity contribution in [1.82, 2.24) is 0 Å². The van der Waals surface area contributed by atoms with Crippen molar-refractivity contribution in [2.45, 2.75) is 27.2 Å². The van der Waals surface area contributed by atoms with Crippen LogP contribution in [0, 0.1) is 0 Å². The van der Waals surface area contributed by atoms with E-state index in [9.17, 15) is 0 Å². The molecular weight excluding hydrogens is 224 g/mol. The number of ether oxygens (including phenoxy) is 2. The van der Waals surface area contributed by atoms with Gasteiger partial charge in [-0.2, -0.15) is 0 Å². The molecule has 2 heteroatoms. The molecule has 98 valence electrons. The summed E-state index contributed by atoms with van der Waals surface area (Å²) in [7, 11) is 0. The first-order chi connectivity index (χ1) is 8.81. The monoisotopic (exact) mass is 246 g/mol. The normalized spacial score (nSPS) is 11.3. The summed E-state index contributed by atoms with van der Waals surface area (Å²) in [6, 6.07) is 6.11. The fourth-order valence-corrected chi connectivity index (χ4v) is 1.47.